The number of fused-ring (bicyclic) bond motifs is 2. The average molecular weight is 536 g/mol. The van der Waals surface area contributed by atoms with Gasteiger partial charge in [-0.05, 0) is 52.6 Å². The van der Waals surface area contributed by atoms with Crippen molar-refractivity contribution < 1.29 is 19.1 Å². The zero-order chi connectivity index (χ0) is 27.6. The van der Waals surface area contributed by atoms with Gasteiger partial charge in [-0.15, -0.1) is 0 Å². The molecule has 0 saturated carbocycles. The summed E-state index contributed by atoms with van der Waals surface area (Å²) in [4.78, 5) is 45.6. The van der Waals surface area contributed by atoms with Gasteiger partial charge >= 0.3 is 5.97 Å². The molecule has 7 nitrogen and oxygen atoms in total. The van der Waals surface area contributed by atoms with Crippen LogP contribution in [0.25, 0.3) is 21.5 Å². The van der Waals surface area contributed by atoms with Gasteiger partial charge < -0.3 is 14.5 Å². The first-order valence-electron chi connectivity index (χ1n) is 14.0. The van der Waals surface area contributed by atoms with Crippen LogP contribution in [0.3, 0.4) is 0 Å². The summed E-state index contributed by atoms with van der Waals surface area (Å²) >= 11 is 0. The Bertz CT molecular complexity index is 1530. The van der Waals surface area contributed by atoms with E-state index in [-0.39, 0.29) is 11.8 Å². The average Bonchev–Trinajstić information content (AvgIpc) is 3.02. The molecule has 0 N–H and O–H groups in total. The third-order valence-electron chi connectivity index (χ3n) is 8.42. The lowest BCUT2D eigenvalue weighted by Crippen LogP contribution is -2.54. The number of benzene rings is 4. The molecule has 0 unspecified atom stereocenters. The van der Waals surface area contributed by atoms with Crippen LogP contribution in [0.1, 0.15) is 43.9 Å². The zero-order valence-electron chi connectivity index (χ0n) is 22.7. The Labute approximate surface area is 233 Å². The van der Waals surface area contributed by atoms with Crippen LogP contribution in [0.5, 0.6) is 0 Å². The molecule has 2 amide bonds. The molecule has 4 aromatic carbocycles. The van der Waals surface area contributed by atoms with E-state index < -0.39 is 5.97 Å². The Morgan fingerprint density at radius 1 is 0.650 bits per heavy atom. The molecular formula is C33H33N3O4. The van der Waals surface area contributed by atoms with Crippen molar-refractivity contribution >= 4 is 39.3 Å². The molecule has 40 heavy (non-hydrogen) atoms. The quantitative estimate of drug-likeness (QED) is 0.276. The third-order valence-corrected chi connectivity index (χ3v) is 8.42. The lowest BCUT2D eigenvalue weighted by Gasteiger charge is -2.43. The SMILES string of the molecule is COC(=O)c1ccccc1C(=O)N1CCC(N2CCN(C(=O)c3c4ccccc4cc4ccccc34)CC2)CC1. The van der Waals surface area contributed by atoms with E-state index in [0.29, 0.717) is 43.3 Å². The van der Waals surface area contributed by atoms with Crippen molar-refractivity contribution in [3.8, 4) is 0 Å². The number of likely N-dealkylation sites (tertiary alicyclic amines) is 1. The van der Waals surface area contributed by atoms with Crippen LogP contribution in [0, 0.1) is 0 Å². The normalized spacial score (nSPS) is 16.8. The molecule has 2 aliphatic heterocycles. The van der Waals surface area contributed by atoms with E-state index in [1.54, 1.807) is 24.3 Å². The smallest absolute Gasteiger partial charge is 0.338 e. The Balaban J connectivity index is 1.10. The summed E-state index contributed by atoms with van der Waals surface area (Å²) in [5.74, 6) is -0.530. The van der Waals surface area contributed by atoms with Gasteiger partial charge in [0.15, 0.2) is 0 Å². The molecule has 0 spiro atoms. The number of hydrogen-bond acceptors (Lipinski definition) is 5. The van der Waals surface area contributed by atoms with E-state index >= 15 is 0 Å². The number of amides is 2. The summed E-state index contributed by atoms with van der Waals surface area (Å²) in [6, 6.07) is 25.6. The predicted octanol–water partition coefficient (Wildman–Crippen LogP) is 4.84. The van der Waals surface area contributed by atoms with E-state index in [9.17, 15) is 14.4 Å². The second kappa shape index (κ2) is 11.1. The van der Waals surface area contributed by atoms with E-state index in [4.69, 9.17) is 4.74 Å². The van der Waals surface area contributed by atoms with Gasteiger partial charge in [-0.1, -0.05) is 60.7 Å². The first kappa shape index (κ1) is 26.0. The van der Waals surface area contributed by atoms with Crippen LogP contribution in [-0.4, -0.2) is 84.9 Å². The lowest BCUT2D eigenvalue weighted by molar-refractivity contribution is 0.0412. The highest BCUT2D eigenvalue weighted by Gasteiger charge is 2.32. The number of ether oxygens (including phenoxy) is 1. The molecule has 7 heteroatoms. The Morgan fingerprint density at radius 3 is 1.77 bits per heavy atom. The molecule has 0 radical (unpaired) electrons. The van der Waals surface area contributed by atoms with Crippen LogP contribution in [0.2, 0.25) is 0 Å². The molecule has 2 aliphatic rings. The fourth-order valence-corrected chi connectivity index (χ4v) is 6.25. The summed E-state index contributed by atoms with van der Waals surface area (Å²) in [6.45, 7) is 4.28. The molecule has 6 rings (SSSR count). The third kappa shape index (κ3) is 4.82. The topological polar surface area (TPSA) is 70.2 Å². The fourth-order valence-electron chi connectivity index (χ4n) is 6.25. The molecule has 4 aromatic rings. The summed E-state index contributed by atoms with van der Waals surface area (Å²) in [7, 11) is 1.33. The van der Waals surface area contributed by atoms with Crippen LogP contribution in [0.4, 0.5) is 0 Å². The molecule has 2 fully saturated rings. The summed E-state index contributed by atoms with van der Waals surface area (Å²) in [5.41, 5.74) is 1.49. The maximum Gasteiger partial charge on any atom is 0.338 e. The van der Waals surface area contributed by atoms with E-state index in [0.717, 1.165) is 53.0 Å². The van der Waals surface area contributed by atoms with Gasteiger partial charge in [-0.2, -0.15) is 0 Å². The number of carbonyl (C=O) groups excluding carboxylic acids is 3. The van der Waals surface area contributed by atoms with Gasteiger partial charge in [0, 0.05) is 45.3 Å². The molecule has 0 bridgehead atoms. The van der Waals surface area contributed by atoms with Crippen molar-refractivity contribution in [1.29, 1.82) is 0 Å². The largest absolute Gasteiger partial charge is 0.465 e. The van der Waals surface area contributed by atoms with Crippen molar-refractivity contribution in [2.24, 2.45) is 0 Å². The summed E-state index contributed by atoms with van der Waals surface area (Å²) in [6.07, 6.45) is 1.74. The van der Waals surface area contributed by atoms with E-state index in [1.165, 1.54) is 7.11 Å². The minimum atomic E-state index is -0.497. The molecule has 204 valence electrons. The van der Waals surface area contributed by atoms with Gasteiger partial charge in [0.2, 0.25) is 0 Å². The summed E-state index contributed by atoms with van der Waals surface area (Å²) < 4.78 is 4.86. The van der Waals surface area contributed by atoms with Crippen molar-refractivity contribution in [1.82, 2.24) is 14.7 Å². The predicted molar refractivity (Wildman–Crippen MR) is 156 cm³/mol. The first-order valence-corrected chi connectivity index (χ1v) is 14.0. The van der Waals surface area contributed by atoms with Crippen LogP contribution < -0.4 is 0 Å². The Kier molecular flexibility index (Phi) is 7.22. The van der Waals surface area contributed by atoms with Crippen molar-refractivity contribution in [3.63, 3.8) is 0 Å². The zero-order valence-corrected chi connectivity index (χ0v) is 22.7. The first-order chi connectivity index (χ1) is 19.5. The minimum Gasteiger partial charge on any atom is -0.465 e. The molecular weight excluding hydrogens is 502 g/mol. The second-order valence-corrected chi connectivity index (χ2v) is 10.6. The number of methoxy groups -OCH3 is 1. The number of carbonyl (C=O) groups is 3. The number of piperidine rings is 1. The Morgan fingerprint density at radius 2 is 1.18 bits per heavy atom. The highest BCUT2D eigenvalue weighted by Crippen LogP contribution is 2.30. The standard InChI is InChI=1S/C33H33N3O4/c1-40-33(39)29-13-7-6-12-28(29)31(37)35-16-14-25(15-17-35)34-18-20-36(21-19-34)32(38)30-26-10-4-2-8-23(26)22-24-9-3-5-11-27(24)30/h2-13,22,25H,14-21H2,1H3. The molecule has 2 saturated heterocycles. The number of piperazine rings is 1. The fraction of sp³-hybridized carbons (Fsp3) is 0.303. The van der Waals surface area contributed by atoms with E-state index in [1.807, 2.05) is 46.2 Å². The van der Waals surface area contributed by atoms with Gasteiger partial charge in [-0.3, -0.25) is 14.5 Å². The minimum absolute atomic E-state index is 0.0948. The second-order valence-electron chi connectivity index (χ2n) is 10.6. The van der Waals surface area contributed by atoms with Gasteiger partial charge in [0.25, 0.3) is 11.8 Å². The molecule has 2 heterocycles. The Hall–Kier alpha value is -4.23. The number of nitrogens with zero attached hydrogens (tertiary/aromatic N) is 3. The van der Waals surface area contributed by atoms with Crippen molar-refractivity contribution in [2.75, 3.05) is 46.4 Å². The van der Waals surface area contributed by atoms with Crippen LogP contribution in [-0.2, 0) is 4.74 Å². The van der Waals surface area contributed by atoms with Crippen molar-refractivity contribution in [2.45, 2.75) is 18.9 Å². The molecule has 0 atom stereocenters. The number of rotatable bonds is 4. The number of hydrogen-bond donors (Lipinski definition) is 0. The van der Waals surface area contributed by atoms with Gasteiger partial charge in [0.05, 0.1) is 23.8 Å². The molecule has 0 aliphatic carbocycles. The summed E-state index contributed by atoms with van der Waals surface area (Å²) in [5, 5.41) is 4.16. The van der Waals surface area contributed by atoms with Gasteiger partial charge in [0.1, 0.15) is 0 Å². The highest BCUT2D eigenvalue weighted by molar-refractivity contribution is 6.18. The van der Waals surface area contributed by atoms with Crippen molar-refractivity contribution in [3.05, 3.63) is 95.6 Å². The lowest BCUT2D eigenvalue weighted by atomic mass is 9.95. The van der Waals surface area contributed by atoms with Crippen LogP contribution in [0.15, 0.2) is 78.9 Å². The van der Waals surface area contributed by atoms with Crippen LogP contribution >= 0.6 is 0 Å². The van der Waals surface area contributed by atoms with Gasteiger partial charge in [-0.25, -0.2) is 4.79 Å². The maximum absolute atomic E-state index is 13.9. The monoisotopic (exact) mass is 535 g/mol. The van der Waals surface area contributed by atoms with E-state index in [2.05, 4.69) is 23.1 Å². The maximum atomic E-state index is 13.9. The highest BCUT2D eigenvalue weighted by atomic mass is 16.5. The molecule has 0 aromatic heterocycles. The number of esters is 1.